The van der Waals surface area contributed by atoms with E-state index in [0.717, 1.165) is 0 Å². The van der Waals surface area contributed by atoms with E-state index in [4.69, 9.17) is 25.5 Å². The fourth-order valence-corrected chi connectivity index (χ4v) is 5.37. The van der Waals surface area contributed by atoms with Crippen LogP contribution in [0.25, 0.3) is 11.5 Å². The molecule has 4 rings (SSSR count). The first kappa shape index (κ1) is 23.0. The summed E-state index contributed by atoms with van der Waals surface area (Å²) in [5, 5.41) is 10.8. The first-order chi connectivity index (χ1) is 15.8. The number of anilines is 1. The normalized spacial score (nSPS) is 16.5. The summed E-state index contributed by atoms with van der Waals surface area (Å²) < 4.78 is 43.4. The minimum absolute atomic E-state index is 0.0665. The number of benzene rings is 2. The van der Waals surface area contributed by atoms with Crippen molar-refractivity contribution in [2.75, 3.05) is 26.1 Å². The Balaban J connectivity index is 1.53. The smallest absolute Gasteiger partial charge is 0.322 e. The molecular formula is C21H21ClN4O6S. The van der Waals surface area contributed by atoms with Crippen molar-refractivity contribution in [1.82, 2.24) is 14.5 Å². The number of amides is 1. The highest BCUT2D eigenvalue weighted by Gasteiger charge is 2.40. The van der Waals surface area contributed by atoms with Gasteiger partial charge in [-0.05, 0) is 55.3 Å². The summed E-state index contributed by atoms with van der Waals surface area (Å²) in [6.07, 6.45) is 0.907. The molecule has 174 valence electrons. The number of carbonyl (C=O) groups excluding carboxylic acids is 1. The van der Waals surface area contributed by atoms with Crippen LogP contribution in [0.4, 0.5) is 6.01 Å². The van der Waals surface area contributed by atoms with Gasteiger partial charge in [-0.2, -0.15) is 4.31 Å². The minimum Gasteiger partial charge on any atom is -0.497 e. The number of nitrogens with one attached hydrogen (secondary N) is 1. The van der Waals surface area contributed by atoms with Crippen LogP contribution in [0.2, 0.25) is 5.02 Å². The lowest BCUT2D eigenvalue weighted by Crippen LogP contribution is -2.43. The molecule has 0 saturated carbocycles. The van der Waals surface area contributed by atoms with Crippen molar-refractivity contribution in [3.63, 3.8) is 0 Å². The summed E-state index contributed by atoms with van der Waals surface area (Å²) in [6.45, 7) is 0.221. The molecule has 33 heavy (non-hydrogen) atoms. The fraction of sp³-hybridized carbons (Fsp3) is 0.286. The van der Waals surface area contributed by atoms with Gasteiger partial charge in [-0.1, -0.05) is 16.7 Å². The van der Waals surface area contributed by atoms with Crippen LogP contribution in [0, 0.1) is 0 Å². The van der Waals surface area contributed by atoms with E-state index in [9.17, 15) is 13.2 Å². The lowest BCUT2D eigenvalue weighted by molar-refractivity contribution is -0.119. The molecule has 10 nitrogen and oxygen atoms in total. The Morgan fingerprint density at radius 1 is 1.15 bits per heavy atom. The SMILES string of the molecule is COc1ccc(OC)c(-c2nnc(NC(=O)C3CCCN3S(=O)(=O)c3ccc(Cl)cc3)o2)c1. The summed E-state index contributed by atoms with van der Waals surface area (Å²) in [5.74, 6) is 0.591. The topological polar surface area (TPSA) is 124 Å². The molecule has 0 bridgehead atoms. The Morgan fingerprint density at radius 3 is 2.61 bits per heavy atom. The standard InChI is InChI=1S/C21H21ClN4O6S/c1-30-14-7-10-18(31-2)16(12-14)20-24-25-21(32-20)23-19(27)17-4-3-11-26(17)33(28,29)15-8-5-13(22)6-9-15/h5-10,12,17H,3-4,11H2,1-2H3,(H,23,25,27). The van der Waals surface area contributed by atoms with Crippen molar-refractivity contribution in [2.24, 2.45) is 0 Å². The Hall–Kier alpha value is -3.15. The van der Waals surface area contributed by atoms with Crippen molar-refractivity contribution >= 4 is 33.5 Å². The summed E-state index contributed by atoms with van der Waals surface area (Å²) in [6, 6.07) is 9.82. The van der Waals surface area contributed by atoms with E-state index in [1.807, 2.05) is 0 Å². The highest BCUT2D eigenvalue weighted by Crippen LogP contribution is 2.33. The van der Waals surface area contributed by atoms with Gasteiger partial charge in [-0.15, -0.1) is 5.10 Å². The zero-order valence-corrected chi connectivity index (χ0v) is 19.4. The van der Waals surface area contributed by atoms with E-state index < -0.39 is 22.0 Å². The van der Waals surface area contributed by atoms with Crippen LogP contribution in [0.5, 0.6) is 11.5 Å². The maximum Gasteiger partial charge on any atom is 0.322 e. The summed E-state index contributed by atoms with van der Waals surface area (Å²) in [4.78, 5) is 13.0. The number of aromatic nitrogens is 2. The molecule has 1 unspecified atom stereocenters. The number of sulfonamides is 1. The van der Waals surface area contributed by atoms with Crippen LogP contribution < -0.4 is 14.8 Å². The Labute approximate surface area is 195 Å². The van der Waals surface area contributed by atoms with Crippen LogP contribution in [0.3, 0.4) is 0 Å². The zero-order valence-electron chi connectivity index (χ0n) is 17.8. The van der Waals surface area contributed by atoms with E-state index in [2.05, 4.69) is 15.5 Å². The molecule has 1 amide bonds. The van der Waals surface area contributed by atoms with E-state index >= 15 is 0 Å². The average Bonchev–Trinajstić information content (AvgIpc) is 3.49. The zero-order chi connectivity index (χ0) is 23.6. The lowest BCUT2D eigenvalue weighted by Gasteiger charge is -2.22. The van der Waals surface area contributed by atoms with Crippen LogP contribution in [0.1, 0.15) is 12.8 Å². The van der Waals surface area contributed by atoms with Crippen molar-refractivity contribution in [2.45, 2.75) is 23.8 Å². The molecule has 1 saturated heterocycles. The number of carbonyl (C=O) groups is 1. The maximum absolute atomic E-state index is 13.1. The van der Waals surface area contributed by atoms with Gasteiger partial charge in [0.1, 0.15) is 17.5 Å². The number of hydrogen-bond acceptors (Lipinski definition) is 8. The Bertz CT molecular complexity index is 1260. The second-order valence-electron chi connectivity index (χ2n) is 7.20. The van der Waals surface area contributed by atoms with E-state index in [1.165, 1.54) is 42.8 Å². The molecule has 1 fully saturated rings. The first-order valence-corrected chi connectivity index (χ1v) is 11.8. The highest BCUT2D eigenvalue weighted by atomic mass is 35.5. The molecule has 1 atom stereocenters. The molecule has 1 N–H and O–H groups in total. The van der Waals surface area contributed by atoms with Crippen LogP contribution >= 0.6 is 11.6 Å². The van der Waals surface area contributed by atoms with E-state index in [-0.39, 0.29) is 23.3 Å². The van der Waals surface area contributed by atoms with Gasteiger partial charge in [-0.3, -0.25) is 10.1 Å². The lowest BCUT2D eigenvalue weighted by atomic mass is 10.2. The third-order valence-corrected chi connectivity index (χ3v) is 7.39. The van der Waals surface area contributed by atoms with Crippen LogP contribution in [0.15, 0.2) is 51.8 Å². The number of hydrogen-bond donors (Lipinski definition) is 1. The average molecular weight is 493 g/mol. The summed E-state index contributed by atoms with van der Waals surface area (Å²) in [5.41, 5.74) is 0.484. The molecule has 1 aromatic heterocycles. The van der Waals surface area contributed by atoms with Crippen molar-refractivity contribution in [1.29, 1.82) is 0 Å². The predicted molar refractivity (Wildman–Crippen MR) is 120 cm³/mol. The molecule has 2 aromatic carbocycles. The monoisotopic (exact) mass is 492 g/mol. The highest BCUT2D eigenvalue weighted by molar-refractivity contribution is 7.89. The van der Waals surface area contributed by atoms with Crippen molar-refractivity contribution in [3.8, 4) is 23.0 Å². The largest absolute Gasteiger partial charge is 0.497 e. The second-order valence-corrected chi connectivity index (χ2v) is 9.52. The molecule has 0 spiro atoms. The van der Waals surface area contributed by atoms with Gasteiger partial charge in [0.2, 0.25) is 15.9 Å². The quantitative estimate of drug-likeness (QED) is 0.533. The molecule has 1 aliphatic heterocycles. The summed E-state index contributed by atoms with van der Waals surface area (Å²) in [7, 11) is -0.855. The van der Waals surface area contributed by atoms with E-state index in [1.54, 1.807) is 18.2 Å². The molecule has 3 aromatic rings. The fourth-order valence-electron chi connectivity index (χ4n) is 3.58. The van der Waals surface area contributed by atoms with Crippen molar-refractivity contribution < 1.29 is 27.1 Å². The van der Waals surface area contributed by atoms with Gasteiger partial charge >= 0.3 is 6.01 Å². The first-order valence-electron chi connectivity index (χ1n) is 9.97. The predicted octanol–water partition coefficient (Wildman–Crippen LogP) is 3.20. The number of methoxy groups -OCH3 is 2. The van der Waals surface area contributed by atoms with Gasteiger partial charge in [-0.25, -0.2) is 8.42 Å². The van der Waals surface area contributed by atoms with Crippen LogP contribution in [-0.4, -0.2) is 55.6 Å². The van der Waals surface area contributed by atoms with Gasteiger partial charge < -0.3 is 13.9 Å². The molecular weight excluding hydrogens is 472 g/mol. The molecule has 0 radical (unpaired) electrons. The number of halogens is 1. The third-order valence-electron chi connectivity index (χ3n) is 5.22. The van der Waals surface area contributed by atoms with Crippen molar-refractivity contribution in [3.05, 3.63) is 47.5 Å². The molecule has 12 heteroatoms. The number of ether oxygens (including phenoxy) is 2. The second kappa shape index (κ2) is 9.38. The van der Waals surface area contributed by atoms with Gasteiger partial charge in [0.25, 0.3) is 5.89 Å². The number of nitrogens with zero attached hydrogens (tertiary/aromatic N) is 3. The maximum atomic E-state index is 13.1. The van der Waals surface area contributed by atoms with Gasteiger partial charge in [0.15, 0.2) is 0 Å². The van der Waals surface area contributed by atoms with Gasteiger partial charge in [0, 0.05) is 11.6 Å². The molecule has 0 aliphatic carbocycles. The number of rotatable bonds is 7. The third kappa shape index (κ3) is 4.65. The minimum atomic E-state index is -3.88. The summed E-state index contributed by atoms with van der Waals surface area (Å²) >= 11 is 5.86. The molecule has 2 heterocycles. The Morgan fingerprint density at radius 2 is 1.91 bits per heavy atom. The molecule has 1 aliphatic rings. The van der Waals surface area contributed by atoms with Crippen LogP contribution in [-0.2, 0) is 14.8 Å². The van der Waals surface area contributed by atoms with E-state index in [0.29, 0.717) is 34.9 Å². The Kier molecular flexibility index (Phi) is 6.54. The van der Waals surface area contributed by atoms with Gasteiger partial charge in [0.05, 0.1) is 24.7 Å².